The highest BCUT2D eigenvalue weighted by Crippen LogP contribution is 2.30. The van der Waals surface area contributed by atoms with Gasteiger partial charge in [0.25, 0.3) is 0 Å². The van der Waals surface area contributed by atoms with Crippen LogP contribution in [0, 0.1) is 6.92 Å². The molecule has 1 aliphatic rings. The number of piperidine rings is 1. The third kappa shape index (κ3) is 2.75. The summed E-state index contributed by atoms with van der Waals surface area (Å²) < 4.78 is 0. The van der Waals surface area contributed by atoms with Crippen molar-refractivity contribution < 1.29 is 0 Å². The SMILES string of the molecule is Cc1ccc2nc(N3CCCC[C@@H]3C)nc(-c3ccccc3)c2c1. The Balaban J connectivity index is 1.92. The monoisotopic (exact) mass is 317 g/mol. The van der Waals surface area contributed by atoms with E-state index in [2.05, 4.69) is 61.2 Å². The fourth-order valence-corrected chi connectivity index (χ4v) is 3.57. The molecule has 4 rings (SSSR count). The summed E-state index contributed by atoms with van der Waals surface area (Å²) in [5, 5.41) is 1.13. The van der Waals surface area contributed by atoms with Crippen LogP contribution >= 0.6 is 0 Å². The fraction of sp³-hybridized carbons (Fsp3) is 0.333. The molecule has 0 aliphatic carbocycles. The Labute approximate surface area is 143 Å². The molecule has 1 aromatic heterocycles. The van der Waals surface area contributed by atoms with Crippen molar-refractivity contribution in [3.63, 3.8) is 0 Å². The van der Waals surface area contributed by atoms with E-state index in [4.69, 9.17) is 9.97 Å². The molecule has 1 atom stereocenters. The molecule has 3 heteroatoms. The number of aromatic nitrogens is 2. The summed E-state index contributed by atoms with van der Waals surface area (Å²) in [7, 11) is 0. The van der Waals surface area contributed by atoms with Crippen LogP contribution in [0.15, 0.2) is 48.5 Å². The van der Waals surface area contributed by atoms with Gasteiger partial charge in [0.1, 0.15) is 0 Å². The lowest BCUT2D eigenvalue weighted by Gasteiger charge is -2.33. The van der Waals surface area contributed by atoms with Crippen LogP contribution in [0.4, 0.5) is 5.95 Å². The number of hydrogen-bond acceptors (Lipinski definition) is 3. The standard InChI is InChI=1S/C21H23N3/c1-15-11-12-19-18(14-15)20(17-9-4-3-5-10-17)23-21(22-19)24-13-7-6-8-16(24)2/h3-5,9-12,14,16H,6-8,13H2,1-2H3/t16-/m0/s1. The van der Waals surface area contributed by atoms with Crippen LogP contribution in [0.3, 0.4) is 0 Å². The molecule has 0 amide bonds. The second kappa shape index (κ2) is 6.23. The molecule has 2 heterocycles. The van der Waals surface area contributed by atoms with Crippen molar-refractivity contribution in [2.75, 3.05) is 11.4 Å². The Hall–Kier alpha value is -2.42. The number of rotatable bonds is 2. The van der Waals surface area contributed by atoms with E-state index in [1.807, 2.05) is 6.07 Å². The van der Waals surface area contributed by atoms with E-state index in [0.717, 1.165) is 34.7 Å². The van der Waals surface area contributed by atoms with E-state index in [9.17, 15) is 0 Å². The topological polar surface area (TPSA) is 29.0 Å². The van der Waals surface area contributed by atoms with Crippen LogP contribution in [-0.4, -0.2) is 22.6 Å². The average molecular weight is 317 g/mol. The van der Waals surface area contributed by atoms with E-state index in [1.54, 1.807) is 0 Å². The molecule has 1 fully saturated rings. The second-order valence-electron chi connectivity index (χ2n) is 6.80. The number of aryl methyl sites for hydroxylation is 1. The third-order valence-corrected chi connectivity index (χ3v) is 4.95. The molecule has 0 saturated carbocycles. The van der Waals surface area contributed by atoms with Gasteiger partial charge in [-0.05, 0) is 45.2 Å². The second-order valence-corrected chi connectivity index (χ2v) is 6.80. The molecule has 0 bridgehead atoms. The Morgan fingerprint density at radius 1 is 1.00 bits per heavy atom. The summed E-state index contributed by atoms with van der Waals surface area (Å²) in [5.41, 5.74) is 4.46. The summed E-state index contributed by atoms with van der Waals surface area (Å²) in [6.45, 7) is 5.45. The Morgan fingerprint density at radius 2 is 1.83 bits per heavy atom. The summed E-state index contributed by atoms with van der Waals surface area (Å²) in [5.74, 6) is 0.873. The lowest BCUT2D eigenvalue weighted by molar-refractivity contribution is 0.478. The summed E-state index contributed by atoms with van der Waals surface area (Å²) in [6, 6.07) is 17.4. The molecule has 3 aromatic rings. The maximum absolute atomic E-state index is 5.00. The Kier molecular flexibility index (Phi) is 3.93. The van der Waals surface area contributed by atoms with Gasteiger partial charge in [0.15, 0.2) is 0 Å². The minimum Gasteiger partial charge on any atom is -0.338 e. The van der Waals surface area contributed by atoms with Gasteiger partial charge in [-0.15, -0.1) is 0 Å². The van der Waals surface area contributed by atoms with Crippen molar-refractivity contribution in [3.05, 3.63) is 54.1 Å². The van der Waals surface area contributed by atoms with Gasteiger partial charge >= 0.3 is 0 Å². The van der Waals surface area contributed by atoms with E-state index in [0.29, 0.717) is 6.04 Å². The van der Waals surface area contributed by atoms with Gasteiger partial charge in [0.05, 0.1) is 11.2 Å². The van der Waals surface area contributed by atoms with Crippen LogP contribution in [0.5, 0.6) is 0 Å². The van der Waals surface area contributed by atoms with Crippen molar-refractivity contribution in [2.45, 2.75) is 39.2 Å². The molecular weight excluding hydrogens is 294 g/mol. The van der Waals surface area contributed by atoms with Crippen LogP contribution in [-0.2, 0) is 0 Å². The van der Waals surface area contributed by atoms with Gasteiger partial charge in [-0.3, -0.25) is 0 Å². The number of hydrogen-bond donors (Lipinski definition) is 0. The smallest absolute Gasteiger partial charge is 0.226 e. The number of benzene rings is 2. The van der Waals surface area contributed by atoms with E-state index < -0.39 is 0 Å². The van der Waals surface area contributed by atoms with Gasteiger partial charge in [-0.1, -0.05) is 42.0 Å². The molecule has 1 aliphatic heterocycles. The molecular formula is C21H23N3. The first kappa shape index (κ1) is 15.1. The van der Waals surface area contributed by atoms with E-state index in [1.165, 1.54) is 24.8 Å². The van der Waals surface area contributed by atoms with Crippen molar-refractivity contribution in [2.24, 2.45) is 0 Å². The highest BCUT2D eigenvalue weighted by Gasteiger charge is 2.22. The lowest BCUT2D eigenvalue weighted by Crippen LogP contribution is -2.38. The molecule has 2 aromatic carbocycles. The Morgan fingerprint density at radius 3 is 2.62 bits per heavy atom. The van der Waals surface area contributed by atoms with Gasteiger partial charge < -0.3 is 4.90 Å². The summed E-state index contributed by atoms with van der Waals surface area (Å²) in [4.78, 5) is 12.3. The van der Waals surface area contributed by atoms with Crippen molar-refractivity contribution in [3.8, 4) is 11.3 Å². The van der Waals surface area contributed by atoms with Gasteiger partial charge in [-0.25, -0.2) is 9.97 Å². The largest absolute Gasteiger partial charge is 0.338 e. The molecule has 3 nitrogen and oxygen atoms in total. The number of nitrogens with zero attached hydrogens (tertiary/aromatic N) is 3. The molecule has 122 valence electrons. The zero-order valence-electron chi connectivity index (χ0n) is 14.4. The van der Waals surface area contributed by atoms with Crippen LogP contribution in [0.25, 0.3) is 22.2 Å². The van der Waals surface area contributed by atoms with Gasteiger partial charge in [0.2, 0.25) is 5.95 Å². The predicted octanol–water partition coefficient (Wildman–Crippen LogP) is 4.98. The number of fused-ring (bicyclic) bond motifs is 1. The normalized spacial score (nSPS) is 18.1. The van der Waals surface area contributed by atoms with Crippen LogP contribution in [0.1, 0.15) is 31.7 Å². The average Bonchev–Trinajstić information content (AvgIpc) is 2.62. The lowest BCUT2D eigenvalue weighted by atomic mass is 10.0. The highest BCUT2D eigenvalue weighted by molar-refractivity contribution is 5.93. The van der Waals surface area contributed by atoms with Crippen molar-refractivity contribution in [1.29, 1.82) is 0 Å². The number of anilines is 1. The molecule has 0 radical (unpaired) electrons. The maximum atomic E-state index is 5.00. The first-order chi connectivity index (χ1) is 11.7. The fourth-order valence-electron chi connectivity index (χ4n) is 3.57. The predicted molar refractivity (Wildman–Crippen MR) is 100 cm³/mol. The highest BCUT2D eigenvalue weighted by atomic mass is 15.3. The summed E-state index contributed by atoms with van der Waals surface area (Å²) >= 11 is 0. The first-order valence-electron chi connectivity index (χ1n) is 8.83. The van der Waals surface area contributed by atoms with Crippen LogP contribution in [0.2, 0.25) is 0 Å². The van der Waals surface area contributed by atoms with E-state index in [-0.39, 0.29) is 0 Å². The third-order valence-electron chi connectivity index (χ3n) is 4.95. The maximum Gasteiger partial charge on any atom is 0.226 e. The zero-order chi connectivity index (χ0) is 16.5. The quantitative estimate of drug-likeness (QED) is 0.667. The molecule has 0 spiro atoms. The Bertz CT molecular complexity index is 858. The van der Waals surface area contributed by atoms with Gasteiger partial charge in [0, 0.05) is 23.5 Å². The van der Waals surface area contributed by atoms with Crippen LogP contribution < -0.4 is 4.90 Å². The minimum atomic E-state index is 0.505. The van der Waals surface area contributed by atoms with E-state index >= 15 is 0 Å². The zero-order valence-corrected chi connectivity index (χ0v) is 14.4. The molecule has 24 heavy (non-hydrogen) atoms. The molecule has 1 saturated heterocycles. The first-order valence-corrected chi connectivity index (χ1v) is 8.83. The molecule has 0 N–H and O–H groups in total. The van der Waals surface area contributed by atoms with Gasteiger partial charge in [-0.2, -0.15) is 0 Å². The van der Waals surface area contributed by atoms with Crippen molar-refractivity contribution >= 4 is 16.9 Å². The molecule has 0 unspecified atom stereocenters. The minimum absolute atomic E-state index is 0.505. The summed E-state index contributed by atoms with van der Waals surface area (Å²) in [6.07, 6.45) is 3.74. The van der Waals surface area contributed by atoms with Crippen molar-refractivity contribution in [1.82, 2.24) is 9.97 Å².